The highest BCUT2D eigenvalue weighted by molar-refractivity contribution is 7.15. The smallest absolute Gasteiger partial charge is 0.414 e. The molecule has 8 heteroatoms. The van der Waals surface area contributed by atoms with Gasteiger partial charge in [-0.3, -0.25) is 4.90 Å². The highest BCUT2D eigenvalue weighted by Crippen LogP contribution is 2.32. The van der Waals surface area contributed by atoms with Gasteiger partial charge in [-0.15, -0.1) is 11.3 Å². The minimum absolute atomic E-state index is 0.265. The normalized spacial score (nSPS) is 18.1. The van der Waals surface area contributed by atoms with E-state index in [2.05, 4.69) is 40.1 Å². The predicted octanol–water partition coefficient (Wildman–Crippen LogP) is 4.05. The summed E-state index contributed by atoms with van der Waals surface area (Å²) in [5, 5.41) is 1.09. The van der Waals surface area contributed by atoms with Crippen molar-refractivity contribution in [2.24, 2.45) is 0 Å². The lowest BCUT2D eigenvalue weighted by molar-refractivity contribution is 0.181. The minimum atomic E-state index is -0.265. The Labute approximate surface area is 197 Å². The summed E-state index contributed by atoms with van der Waals surface area (Å²) in [6.07, 6.45) is 3.62. The fraction of sp³-hybridized carbons (Fsp3) is 0.360. The molecule has 4 heterocycles. The Morgan fingerprint density at radius 1 is 0.939 bits per heavy atom. The molecule has 6 rings (SSSR count). The topological polar surface area (TPSA) is 58.1 Å². The Morgan fingerprint density at radius 2 is 1.82 bits per heavy atom. The predicted molar refractivity (Wildman–Crippen MR) is 129 cm³/mol. The van der Waals surface area contributed by atoms with E-state index in [9.17, 15) is 4.79 Å². The molecule has 0 bridgehead atoms. The molecule has 0 unspecified atom stereocenters. The third-order valence-electron chi connectivity index (χ3n) is 6.52. The van der Waals surface area contributed by atoms with Gasteiger partial charge in [0.05, 0.1) is 13.2 Å². The van der Waals surface area contributed by atoms with Crippen LogP contribution in [-0.2, 0) is 28.9 Å². The van der Waals surface area contributed by atoms with Crippen molar-refractivity contribution >= 4 is 33.9 Å². The molecule has 3 aliphatic heterocycles. The monoisotopic (exact) mass is 462 g/mol. The van der Waals surface area contributed by atoms with Crippen LogP contribution in [0.1, 0.15) is 21.6 Å². The van der Waals surface area contributed by atoms with Crippen LogP contribution in [0.15, 0.2) is 48.7 Å². The molecule has 0 radical (unpaired) electrons. The number of carbonyl (C=O) groups is 1. The summed E-state index contributed by atoms with van der Waals surface area (Å²) in [5.41, 5.74) is 6.17. The van der Waals surface area contributed by atoms with Crippen molar-refractivity contribution < 1.29 is 14.3 Å². The number of benzene rings is 2. The van der Waals surface area contributed by atoms with Gasteiger partial charge in [0.15, 0.2) is 5.13 Å². The fourth-order valence-electron chi connectivity index (χ4n) is 4.67. The van der Waals surface area contributed by atoms with Crippen molar-refractivity contribution in [2.75, 3.05) is 54.3 Å². The second-order valence-corrected chi connectivity index (χ2v) is 9.74. The molecule has 2 fully saturated rings. The number of rotatable bonds is 5. The Hall–Kier alpha value is -3.10. The van der Waals surface area contributed by atoms with Crippen LogP contribution < -0.4 is 14.7 Å². The molecule has 0 N–H and O–H groups in total. The number of fused-ring (bicyclic) bond motifs is 1. The van der Waals surface area contributed by atoms with Crippen molar-refractivity contribution in [3.05, 3.63) is 70.2 Å². The maximum atomic E-state index is 11.8. The molecule has 0 saturated carbocycles. The number of thiazole rings is 1. The molecule has 7 nitrogen and oxygen atoms in total. The maximum absolute atomic E-state index is 11.8. The highest BCUT2D eigenvalue weighted by atomic mass is 32.1. The number of carbonyl (C=O) groups excluding carboxylic acids is 1. The average Bonchev–Trinajstić information content (AvgIpc) is 3.62. The van der Waals surface area contributed by atoms with Crippen LogP contribution in [0.25, 0.3) is 0 Å². The number of anilines is 3. The van der Waals surface area contributed by atoms with E-state index in [0.717, 1.165) is 49.9 Å². The number of nitrogens with zero attached hydrogens (tertiary/aromatic N) is 4. The van der Waals surface area contributed by atoms with Gasteiger partial charge in [-0.25, -0.2) is 9.78 Å². The summed E-state index contributed by atoms with van der Waals surface area (Å²) in [6.45, 7) is 5.40. The molecule has 3 aliphatic rings. The largest absolute Gasteiger partial charge is 0.447 e. The first-order valence-corrected chi connectivity index (χ1v) is 12.2. The summed E-state index contributed by atoms with van der Waals surface area (Å²) in [5.74, 6) is 0. The van der Waals surface area contributed by atoms with Gasteiger partial charge in [-0.1, -0.05) is 18.2 Å². The summed E-state index contributed by atoms with van der Waals surface area (Å²) < 4.78 is 10.5. The number of ether oxygens (including phenoxy) is 2. The van der Waals surface area contributed by atoms with Crippen molar-refractivity contribution in [3.8, 4) is 0 Å². The van der Waals surface area contributed by atoms with E-state index in [0.29, 0.717) is 19.9 Å². The summed E-state index contributed by atoms with van der Waals surface area (Å²) in [4.78, 5) is 24.1. The van der Waals surface area contributed by atoms with Gasteiger partial charge < -0.3 is 19.3 Å². The zero-order valence-electron chi connectivity index (χ0n) is 18.4. The molecule has 0 aliphatic carbocycles. The van der Waals surface area contributed by atoms with Gasteiger partial charge in [0, 0.05) is 48.5 Å². The molecule has 0 spiro atoms. The van der Waals surface area contributed by atoms with Crippen LogP contribution in [0.4, 0.5) is 21.3 Å². The van der Waals surface area contributed by atoms with Gasteiger partial charge in [-0.05, 0) is 47.4 Å². The molecule has 33 heavy (non-hydrogen) atoms. The number of cyclic esters (lactones) is 1. The zero-order chi connectivity index (χ0) is 22.2. The van der Waals surface area contributed by atoms with Gasteiger partial charge in [0.25, 0.3) is 0 Å². The third kappa shape index (κ3) is 4.16. The van der Waals surface area contributed by atoms with Crippen LogP contribution in [-0.4, -0.2) is 50.7 Å². The standard InChI is InChI=1S/C25H26N4O3S/c30-25-29(10-12-32-25)21-4-1-18(2-5-21)13-23-15-26-24(33-23)27-8-7-19-3-6-22(14-20(19)16-27)28-9-11-31-17-28/h1-6,14-15H,7-13,16-17H2. The molecule has 1 amide bonds. The van der Waals surface area contributed by atoms with E-state index in [1.165, 1.54) is 27.3 Å². The first kappa shape index (κ1) is 20.5. The van der Waals surface area contributed by atoms with Crippen LogP contribution >= 0.6 is 11.3 Å². The number of hydrogen-bond acceptors (Lipinski definition) is 7. The van der Waals surface area contributed by atoms with E-state index in [4.69, 9.17) is 14.5 Å². The Bertz CT molecular complexity index is 1160. The summed E-state index contributed by atoms with van der Waals surface area (Å²) >= 11 is 1.77. The second kappa shape index (κ2) is 8.68. The second-order valence-electron chi connectivity index (χ2n) is 8.64. The average molecular weight is 463 g/mol. The first-order chi connectivity index (χ1) is 16.2. The van der Waals surface area contributed by atoms with E-state index in [1.54, 1.807) is 16.2 Å². The van der Waals surface area contributed by atoms with E-state index < -0.39 is 0 Å². The van der Waals surface area contributed by atoms with Crippen molar-refractivity contribution in [1.82, 2.24) is 4.98 Å². The molecular formula is C25H26N4O3S. The van der Waals surface area contributed by atoms with Crippen LogP contribution in [0, 0.1) is 0 Å². The lowest BCUT2D eigenvalue weighted by Crippen LogP contribution is -2.30. The van der Waals surface area contributed by atoms with Gasteiger partial charge >= 0.3 is 6.09 Å². The zero-order valence-corrected chi connectivity index (χ0v) is 19.2. The maximum Gasteiger partial charge on any atom is 0.414 e. The van der Waals surface area contributed by atoms with Gasteiger partial charge in [0.1, 0.15) is 13.3 Å². The van der Waals surface area contributed by atoms with E-state index in [-0.39, 0.29) is 6.09 Å². The molecule has 2 saturated heterocycles. The SMILES string of the molecule is O=C1OCCN1c1ccc(Cc2cnc(N3CCc4ccc(N5CCOC5)cc4C3)s2)cc1. The van der Waals surface area contributed by atoms with Crippen LogP contribution in [0.3, 0.4) is 0 Å². The third-order valence-corrected chi connectivity index (χ3v) is 7.58. The molecular weight excluding hydrogens is 436 g/mol. The van der Waals surface area contributed by atoms with Crippen molar-refractivity contribution in [3.63, 3.8) is 0 Å². The number of aromatic nitrogens is 1. The lowest BCUT2D eigenvalue weighted by Gasteiger charge is -2.29. The molecule has 1 aromatic heterocycles. The van der Waals surface area contributed by atoms with Crippen molar-refractivity contribution in [1.29, 1.82) is 0 Å². The minimum Gasteiger partial charge on any atom is -0.447 e. The Balaban J connectivity index is 1.13. The lowest BCUT2D eigenvalue weighted by atomic mass is 9.99. The Morgan fingerprint density at radius 3 is 2.61 bits per heavy atom. The highest BCUT2D eigenvalue weighted by Gasteiger charge is 2.24. The Kier molecular flexibility index (Phi) is 5.39. The first-order valence-electron chi connectivity index (χ1n) is 11.4. The van der Waals surface area contributed by atoms with Gasteiger partial charge in [0.2, 0.25) is 0 Å². The molecule has 2 aromatic carbocycles. The number of amides is 1. The molecule has 0 atom stereocenters. The van der Waals surface area contributed by atoms with E-state index >= 15 is 0 Å². The fourth-order valence-corrected chi connectivity index (χ4v) is 5.64. The van der Waals surface area contributed by atoms with Crippen LogP contribution in [0.2, 0.25) is 0 Å². The number of hydrogen-bond donors (Lipinski definition) is 0. The van der Waals surface area contributed by atoms with E-state index in [1.807, 2.05) is 18.3 Å². The molecule has 170 valence electrons. The summed E-state index contributed by atoms with van der Waals surface area (Å²) in [7, 11) is 0. The molecule has 3 aromatic rings. The van der Waals surface area contributed by atoms with Crippen LogP contribution in [0.5, 0.6) is 0 Å². The quantitative estimate of drug-likeness (QED) is 0.570. The summed E-state index contributed by atoms with van der Waals surface area (Å²) in [6, 6.07) is 15.0. The van der Waals surface area contributed by atoms with Crippen molar-refractivity contribution in [2.45, 2.75) is 19.4 Å². The van der Waals surface area contributed by atoms with Gasteiger partial charge in [-0.2, -0.15) is 0 Å².